The number of nitrogens with one attached hydrogen (secondary N) is 1. The van der Waals surface area contributed by atoms with Crippen molar-refractivity contribution in [3.63, 3.8) is 0 Å². The number of amides is 1. The molecule has 1 aliphatic heterocycles. The zero-order valence-corrected chi connectivity index (χ0v) is 21.5. The minimum absolute atomic E-state index is 0.0306. The second-order valence-corrected chi connectivity index (χ2v) is 8.65. The molecule has 1 amide bonds. The zero-order valence-electron chi connectivity index (χ0n) is 21.5. The Kier molecular flexibility index (Phi) is 7.46. The van der Waals surface area contributed by atoms with Gasteiger partial charge in [-0.1, -0.05) is 24.3 Å². The van der Waals surface area contributed by atoms with E-state index in [1.165, 1.54) is 0 Å². The van der Waals surface area contributed by atoms with Crippen molar-refractivity contribution in [2.24, 2.45) is 0 Å². The lowest BCUT2D eigenvalue weighted by atomic mass is 10.1. The maximum atomic E-state index is 13.0. The van der Waals surface area contributed by atoms with Gasteiger partial charge in [-0.25, -0.2) is 4.68 Å². The molecule has 1 aliphatic rings. The fourth-order valence-electron chi connectivity index (χ4n) is 4.23. The second kappa shape index (κ2) is 11.4. The Morgan fingerprint density at radius 2 is 1.85 bits per heavy atom. The summed E-state index contributed by atoms with van der Waals surface area (Å²) in [6.45, 7) is 0.498. The summed E-state index contributed by atoms with van der Waals surface area (Å²) in [5, 5.41) is 17.4. The number of hydrogen-bond acceptors (Lipinski definition) is 7. The molecular weight excluding hydrogens is 496 g/mol. The molecule has 4 aromatic rings. The van der Waals surface area contributed by atoms with Crippen molar-refractivity contribution >= 4 is 12.0 Å². The molecule has 0 spiro atoms. The van der Waals surface area contributed by atoms with Crippen molar-refractivity contribution in [2.75, 3.05) is 27.6 Å². The van der Waals surface area contributed by atoms with Gasteiger partial charge >= 0.3 is 0 Å². The Balaban J connectivity index is 1.39. The first-order valence-electron chi connectivity index (χ1n) is 12.3. The van der Waals surface area contributed by atoms with E-state index in [1.807, 2.05) is 72.8 Å². The second-order valence-electron chi connectivity index (χ2n) is 8.65. The minimum atomic E-state index is -0.470. The molecule has 1 aromatic heterocycles. The van der Waals surface area contributed by atoms with Crippen LogP contribution in [0.2, 0.25) is 0 Å². The highest BCUT2D eigenvalue weighted by Gasteiger charge is 2.19. The number of para-hydroxylation sites is 1. The van der Waals surface area contributed by atoms with E-state index in [0.29, 0.717) is 47.2 Å². The summed E-state index contributed by atoms with van der Waals surface area (Å²) in [7, 11) is 3.15. The Morgan fingerprint density at radius 3 is 2.62 bits per heavy atom. The van der Waals surface area contributed by atoms with Crippen LogP contribution in [0, 0.1) is 11.3 Å². The van der Waals surface area contributed by atoms with Crippen LogP contribution in [0.3, 0.4) is 0 Å². The Bertz CT molecular complexity index is 1570. The highest BCUT2D eigenvalue weighted by molar-refractivity contribution is 6.02. The number of rotatable bonds is 9. The third kappa shape index (κ3) is 5.55. The van der Waals surface area contributed by atoms with Crippen molar-refractivity contribution in [3.8, 4) is 46.0 Å². The van der Waals surface area contributed by atoms with Crippen LogP contribution < -0.4 is 24.3 Å². The van der Waals surface area contributed by atoms with Gasteiger partial charge in [0.05, 0.1) is 19.9 Å². The van der Waals surface area contributed by atoms with Crippen LogP contribution in [0.1, 0.15) is 11.1 Å². The minimum Gasteiger partial charge on any atom is -0.493 e. The number of aromatic nitrogens is 2. The molecule has 196 valence electrons. The smallest absolute Gasteiger partial charge is 0.261 e. The van der Waals surface area contributed by atoms with Gasteiger partial charge in [-0.15, -0.1) is 0 Å². The van der Waals surface area contributed by atoms with Gasteiger partial charge in [-0.05, 0) is 60.5 Å². The van der Waals surface area contributed by atoms with Crippen LogP contribution >= 0.6 is 0 Å². The highest BCUT2D eigenvalue weighted by atomic mass is 16.7. The van der Waals surface area contributed by atoms with Crippen molar-refractivity contribution in [2.45, 2.75) is 6.42 Å². The summed E-state index contributed by atoms with van der Waals surface area (Å²) in [6, 6.07) is 22.8. The summed E-state index contributed by atoms with van der Waals surface area (Å²) in [5.74, 6) is 2.05. The zero-order chi connectivity index (χ0) is 27.2. The number of nitrogens with zero attached hydrogens (tertiary/aromatic N) is 3. The van der Waals surface area contributed by atoms with E-state index in [1.54, 1.807) is 31.2 Å². The van der Waals surface area contributed by atoms with Crippen molar-refractivity contribution in [1.29, 1.82) is 5.26 Å². The quantitative estimate of drug-likeness (QED) is 0.254. The van der Waals surface area contributed by atoms with E-state index in [4.69, 9.17) is 24.0 Å². The van der Waals surface area contributed by atoms with Crippen LogP contribution in [0.4, 0.5) is 0 Å². The molecule has 0 saturated carbocycles. The average molecular weight is 523 g/mol. The van der Waals surface area contributed by atoms with Crippen LogP contribution in [0.25, 0.3) is 23.0 Å². The predicted molar refractivity (Wildman–Crippen MR) is 145 cm³/mol. The van der Waals surface area contributed by atoms with E-state index >= 15 is 0 Å². The fourth-order valence-corrected chi connectivity index (χ4v) is 4.23. The molecule has 0 saturated heterocycles. The topological polar surface area (TPSA) is 108 Å². The average Bonchev–Trinajstić information content (AvgIpc) is 3.63. The number of methoxy groups -OCH3 is 2. The number of hydrogen-bond donors (Lipinski definition) is 1. The van der Waals surface area contributed by atoms with Gasteiger partial charge < -0.3 is 24.3 Å². The standard InChI is InChI=1S/C30H26N4O5/c1-36-25-10-8-20(14-27(25)37-2)12-13-32-30(35)22(17-31)15-23-18-34(24-6-4-3-5-7-24)33-29(23)21-9-11-26-28(16-21)39-19-38-26/h3-11,14-16,18H,12-13,19H2,1-2H3,(H,32,35)/b22-15+. The summed E-state index contributed by atoms with van der Waals surface area (Å²) in [6.07, 6.45) is 3.90. The van der Waals surface area contributed by atoms with E-state index < -0.39 is 5.91 Å². The molecule has 9 heteroatoms. The van der Waals surface area contributed by atoms with Crippen LogP contribution in [0.5, 0.6) is 23.0 Å². The molecule has 0 bridgehead atoms. The number of ether oxygens (including phenoxy) is 4. The first kappa shape index (κ1) is 25.4. The van der Waals surface area contributed by atoms with Gasteiger partial charge in [-0.3, -0.25) is 4.79 Å². The van der Waals surface area contributed by atoms with Gasteiger partial charge in [0.25, 0.3) is 5.91 Å². The molecule has 0 radical (unpaired) electrons. The Morgan fingerprint density at radius 1 is 1.05 bits per heavy atom. The van der Waals surface area contributed by atoms with Crippen molar-refractivity contribution in [1.82, 2.24) is 15.1 Å². The summed E-state index contributed by atoms with van der Waals surface area (Å²) in [5.41, 5.74) is 3.76. The molecule has 3 aromatic carbocycles. The van der Waals surface area contributed by atoms with Crippen LogP contribution in [-0.2, 0) is 11.2 Å². The first-order chi connectivity index (χ1) is 19.1. The SMILES string of the molecule is COc1ccc(CCNC(=O)/C(C#N)=C/c2cn(-c3ccccc3)nc2-c2ccc3c(c2)OCO3)cc1OC. The maximum absolute atomic E-state index is 13.0. The summed E-state index contributed by atoms with van der Waals surface area (Å²) >= 11 is 0. The van der Waals surface area contributed by atoms with Gasteiger partial charge in [0.15, 0.2) is 23.0 Å². The predicted octanol–water partition coefficient (Wildman–Crippen LogP) is 4.55. The lowest BCUT2D eigenvalue weighted by molar-refractivity contribution is -0.117. The number of nitriles is 1. The maximum Gasteiger partial charge on any atom is 0.261 e. The molecule has 0 unspecified atom stereocenters. The summed E-state index contributed by atoms with van der Waals surface area (Å²) in [4.78, 5) is 13.0. The monoisotopic (exact) mass is 522 g/mol. The molecule has 5 rings (SSSR count). The van der Waals surface area contributed by atoms with E-state index in [0.717, 1.165) is 16.8 Å². The molecule has 0 aliphatic carbocycles. The number of benzene rings is 3. The molecule has 39 heavy (non-hydrogen) atoms. The van der Waals surface area contributed by atoms with Crippen molar-refractivity contribution in [3.05, 3.63) is 89.6 Å². The lowest BCUT2D eigenvalue weighted by Gasteiger charge is -2.10. The summed E-state index contributed by atoms with van der Waals surface area (Å²) < 4.78 is 23.3. The Hall–Kier alpha value is -5.23. The first-order valence-corrected chi connectivity index (χ1v) is 12.3. The number of fused-ring (bicyclic) bond motifs is 1. The largest absolute Gasteiger partial charge is 0.493 e. The van der Waals surface area contributed by atoms with Gasteiger partial charge in [0.2, 0.25) is 6.79 Å². The number of carbonyl (C=O) groups is 1. The fraction of sp³-hybridized carbons (Fsp3) is 0.167. The molecule has 0 atom stereocenters. The third-order valence-electron chi connectivity index (χ3n) is 6.22. The number of carbonyl (C=O) groups excluding carboxylic acids is 1. The Labute approximate surface area is 225 Å². The molecule has 0 fully saturated rings. The van der Waals surface area contributed by atoms with E-state index in [9.17, 15) is 10.1 Å². The van der Waals surface area contributed by atoms with Gasteiger partial charge in [-0.2, -0.15) is 10.4 Å². The molecule has 1 N–H and O–H groups in total. The van der Waals surface area contributed by atoms with Crippen molar-refractivity contribution < 1.29 is 23.7 Å². The normalized spacial score (nSPS) is 12.1. The van der Waals surface area contributed by atoms with Gasteiger partial charge in [0.1, 0.15) is 17.3 Å². The van der Waals surface area contributed by atoms with E-state index in [2.05, 4.69) is 5.32 Å². The van der Waals surface area contributed by atoms with Crippen LogP contribution in [-0.4, -0.2) is 43.2 Å². The van der Waals surface area contributed by atoms with E-state index in [-0.39, 0.29) is 12.4 Å². The molecule has 9 nitrogen and oxygen atoms in total. The third-order valence-corrected chi connectivity index (χ3v) is 6.22. The highest BCUT2D eigenvalue weighted by Crippen LogP contribution is 2.37. The lowest BCUT2D eigenvalue weighted by Crippen LogP contribution is -2.26. The van der Waals surface area contributed by atoms with Crippen LogP contribution in [0.15, 0.2) is 78.5 Å². The molecule has 2 heterocycles. The molecular formula is C30H26N4O5. The van der Waals surface area contributed by atoms with Gasteiger partial charge in [0, 0.05) is 23.9 Å².